The largest absolute Gasteiger partial charge is 0.481 e. The smallest absolute Gasteiger partial charge is 0.304 e. The van der Waals surface area contributed by atoms with E-state index in [2.05, 4.69) is 0 Å². The third kappa shape index (κ3) is 3.20. The van der Waals surface area contributed by atoms with Gasteiger partial charge in [0, 0.05) is 25.7 Å². The zero-order valence-corrected chi connectivity index (χ0v) is 9.27. The van der Waals surface area contributed by atoms with Crippen LogP contribution in [-0.4, -0.2) is 59.0 Å². The quantitative estimate of drug-likeness (QED) is 0.716. The van der Waals surface area contributed by atoms with Gasteiger partial charge in [-0.2, -0.15) is 0 Å². The molecule has 0 saturated carbocycles. The van der Waals surface area contributed by atoms with Crippen LogP contribution in [0.5, 0.6) is 0 Å². The zero-order valence-electron chi connectivity index (χ0n) is 9.27. The summed E-state index contributed by atoms with van der Waals surface area (Å²) in [7, 11) is 0. The predicted octanol–water partition coefficient (Wildman–Crippen LogP) is 0.0137. The topological polar surface area (TPSA) is 60.9 Å². The number of carboxylic acids is 1. The number of aliphatic carboxylic acids is 1. The van der Waals surface area contributed by atoms with Gasteiger partial charge < -0.3 is 10.0 Å². The van der Waals surface area contributed by atoms with Crippen LogP contribution < -0.4 is 0 Å². The highest BCUT2D eigenvalue weighted by atomic mass is 16.4. The van der Waals surface area contributed by atoms with E-state index in [1.165, 1.54) is 0 Å². The summed E-state index contributed by atoms with van der Waals surface area (Å²) in [6, 6.07) is 0.252. The summed E-state index contributed by atoms with van der Waals surface area (Å²) in [6.07, 6.45) is 0.101. The molecule has 5 nitrogen and oxygen atoms in total. The van der Waals surface area contributed by atoms with Gasteiger partial charge in [0.2, 0.25) is 5.91 Å². The van der Waals surface area contributed by atoms with Gasteiger partial charge >= 0.3 is 5.97 Å². The Bertz CT molecular complexity index is 255. The number of hydrogen-bond acceptors (Lipinski definition) is 3. The molecule has 1 aliphatic heterocycles. The molecule has 1 unspecified atom stereocenters. The maximum absolute atomic E-state index is 11.6. The second-order valence-electron chi connectivity index (χ2n) is 3.90. The molecule has 1 aliphatic rings. The Kier molecular flexibility index (Phi) is 4.08. The van der Waals surface area contributed by atoms with E-state index in [1.807, 2.05) is 23.6 Å². The van der Waals surface area contributed by atoms with Gasteiger partial charge in [-0.05, 0) is 13.8 Å². The summed E-state index contributed by atoms with van der Waals surface area (Å²) in [5.41, 5.74) is 0. The molecule has 0 aliphatic carbocycles. The van der Waals surface area contributed by atoms with Gasteiger partial charge in [0.15, 0.2) is 0 Å². The van der Waals surface area contributed by atoms with E-state index < -0.39 is 5.97 Å². The summed E-state index contributed by atoms with van der Waals surface area (Å²) >= 11 is 0. The van der Waals surface area contributed by atoms with Crippen molar-refractivity contribution in [2.24, 2.45) is 0 Å². The first kappa shape index (κ1) is 12.0. The van der Waals surface area contributed by atoms with Crippen LogP contribution in [0, 0.1) is 0 Å². The lowest BCUT2D eigenvalue weighted by molar-refractivity contribution is -0.141. The molecule has 0 aromatic heterocycles. The van der Waals surface area contributed by atoms with Crippen LogP contribution in [0.4, 0.5) is 0 Å². The van der Waals surface area contributed by atoms with Crippen LogP contribution in [0.2, 0.25) is 0 Å². The highest BCUT2D eigenvalue weighted by Crippen LogP contribution is 2.10. The molecular formula is C10H18N2O3. The molecule has 1 amide bonds. The van der Waals surface area contributed by atoms with Crippen LogP contribution in [0.3, 0.4) is 0 Å². The first-order valence-electron chi connectivity index (χ1n) is 5.28. The van der Waals surface area contributed by atoms with Crippen molar-refractivity contribution in [3.8, 4) is 0 Å². The molecule has 1 N–H and O–H groups in total. The van der Waals surface area contributed by atoms with Crippen LogP contribution in [0.25, 0.3) is 0 Å². The maximum atomic E-state index is 11.6. The lowest BCUT2D eigenvalue weighted by Gasteiger charge is -2.38. The Morgan fingerprint density at radius 2 is 2.27 bits per heavy atom. The van der Waals surface area contributed by atoms with Crippen LogP contribution >= 0.6 is 0 Å². The fourth-order valence-electron chi connectivity index (χ4n) is 1.81. The van der Waals surface area contributed by atoms with Gasteiger partial charge in [-0.1, -0.05) is 0 Å². The molecule has 0 aromatic carbocycles. The molecule has 0 radical (unpaired) electrons. The van der Waals surface area contributed by atoms with Gasteiger partial charge in [0.25, 0.3) is 0 Å². The highest BCUT2D eigenvalue weighted by molar-refractivity contribution is 5.79. The molecule has 5 heteroatoms. The Hall–Kier alpha value is -1.10. The normalized spacial score (nSPS) is 23.2. The number of rotatable bonds is 4. The van der Waals surface area contributed by atoms with Gasteiger partial charge in [0.1, 0.15) is 0 Å². The van der Waals surface area contributed by atoms with Gasteiger partial charge in [-0.3, -0.25) is 14.5 Å². The average molecular weight is 214 g/mol. The molecule has 1 heterocycles. The molecule has 1 saturated heterocycles. The number of hydrogen-bond donors (Lipinski definition) is 1. The van der Waals surface area contributed by atoms with Crippen molar-refractivity contribution in [1.82, 2.24) is 9.80 Å². The number of carbonyl (C=O) groups is 2. The number of carboxylic acid groups (broad SMARTS) is 1. The van der Waals surface area contributed by atoms with E-state index >= 15 is 0 Å². The van der Waals surface area contributed by atoms with Crippen LogP contribution in [0.1, 0.15) is 20.3 Å². The van der Waals surface area contributed by atoms with Crippen molar-refractivity contribution in [2.45, 2.75) is 26.3 Å². The first-order valence-corrected chi connectivity index (χ1v) is 5.28. The Morgan fingerprint density at radius 3 is 2.80 bits per heavy atom. The van der Waals surface area contributed by atoms with Crippen LogP contribution in [-0.2, 0) is 9.59 Å². The molecular weight excluding hydrogens is 196 g/mol. The number of carbonyl (C=O) groups excluding carboxylic acids is 1. The molecule has 1 rings (SSSR count). The standard InChI is InChI=1S/C10H18N2O3/c1-3-11-6-8(2)12(7-9(11)13)5-4-10(14)15/h8H,3-7H2,1-2H3,(H,14,15). The van der Waals surface area contributed by atoms with E-state index in [4.69, 9.17) is 5.11 Å². The zero-order chi connectivity index (χ0) is 11.4. The summed E-state index contributed by atoms with van der Waals surface area (Å²) < 4.78 is 0. The van der Waals surface area contributed by atoms with Crippen molar-refractivity contribution >= 4 is 11.9 Å². The fraction of sp³-hybridized carbons (Fsp3) is 0.800. The van der Waals surface area contributed by atoms with E-state index in [-0.39, 0.29) is 18.4 Å². The van der Waals surface area contributed by atoms with E-state index in [9.17, 15) is 9.59 Å². The monoisotopic (exact) mass is 214 g/mol. The minimum atomic E-state index is -0.812. The predicted molar refractivity (Wildman–Crippen MR) is 55.5 cm³/mol. The lowest BCUT2D eigenvalue weighted by Crippen LogP contribution is -2.55. The Labute approximate surface area is 89.7 Å². The third-order valence-corrected chi connectivity index (χ3v) is 2.79. The van der Waals surface area contributed by atoms with Crippen LogP contribution in [0.15, 0.2) is 0 Å². The van der Waals surface area contributed by atoms with Gasteiger partial charge in [0.05, 0.1) is 13.0 Å². The number of piperazine rings is 1. The Morgan fingerprint density at radius 1 is 1.60 bits per heavy atom. The lowest BCUT2D eigenvalue weighted by atomic mass is 10.1. The van der Waals surface area contributed by atoms with Crippen molar-refractivity contribution in [1.29, 1.82) is 0 Å². The van der Waals surface area contributed by atoms with Gasteiger partial charge in [-0.25, -0.2) is 0 Å². The Balaban J connectivity index is 2.47. The molecule has 0 bridgehead atoms. The van der Waals surface area contributed by atoms with Crippen molar-refractivity contribution in [3.05, 3.63) is 0 Å². The van der Waals surface area contributed by atoms with E-state index in [0.29, 0.717) is 19.6 Å². The average Bonchev–Trinajstić information content (AvgIpc) is 2.18. The van der Waals surface area contributed by atoms with E-state index in [1.54, 1.807) is 0 Å². The summed E-state index contributed by atoms with van der Waals surface area (Å²) in [4.78, 5) is 25.7. The van der Waals surface area contributed by atoms with E-state index in [0.717, 1.165) is 6.54 Å². The molecule has 1 atom stereocenters. The summed E-state index contributed by atoms with van der Waals surface area (Å²) in [5, 5.41) is 8.57. The SMILES string of the molecule is CCN1CC(C)N(CCC(=O)O)CC1=O. The number of nitrogens with zero attached hydrogens (tertiary/aromatic N) is 2. The molecule has 0 spiro atoms. The fourth-order valence-corrected chi connectivity index (χ4v) is 1.81. The minimum absolute atomic E-state index is 0.0981. The van der Waals surface area contributed by atoms with Crippen molar-refractivity contribution in [2.75, 3.05) is 26.2 Å². The second-order valence-corrected chi connectivity index (χ2v) is 3.90. The van der Waals surface area contributed by atoms with Crippen molar-refractivity contribution < 1.29 is 14.7 Å². The molecule has 86 valence electrons. The first-order chi connectivity index (χ1) is 7.04. The molecule has 0 aromatic rings. The molecule has 1 fully saturated rings. The number of likely N-dealkylation sites (N-methyl/N-ethyl adjacent to an activating group) is 1. The third-order valence-electron chi connectivity index (χ3n) is 2.79. The summed E-state index contributed by atoms with van der Waals surface area (Å²) in [6.45, 7) is 6.22. The molecule has 15 heavy (non-hydrogen) atoms. The maximum Gasteiger partial charge on any atom is 0.304 e. The minimum Gasteiger partial charge on any atom is -0.481 e. The second kappa shape index (κ2) is 5.11. The highest BCUT2D eigenvalue weighted by Gasteiger charge is 2.28. The van der Waals surface area contributed by atoms with Crippen molar-refractivity contribution in [3.63, 3.8) is 0 Å². The van der Waals surface area contributed by atoms with Gasteiger partial charge in [-0.15, -0.1) is 0 Å². The summed E-state index contributed by atoms with van der Waals surface area (Å²) in [5.74, 6) is -0.714. The number of amides is 1.